The van der Waals surface area contributed by atoms with E-state index in [0.29, 0.717) is 17.8 Å². The Hall–Kier alpha value is -6.88. The van der Waals surface area contributed by atoms with Crippen molar-refractivity contribution in [2.45, 2.75) is 492 Å². The molecule has 8 heterocycles. The van der Waals surface area contributed by atoms with Gasteiger partial charge < -0.3 is 0 Å². The van der Waals surface area contributed by atoms with Crippen molar-refractivity contribution >= 4 is 0 Å². The zero-order valence-electron chi connectivity index (χ0n) is 90.3. The zero-order valence-corrected chi connectivity index (χ0v) is 90.3. The summed E-state index contributed by atoms with van der Waals surface area (Å²) in [5.41, 5.74) is 9.71. The first-order valence-corrected chi connectivity index (χ1v) is 52.7. The van der Waals surface area contributed by atoms with Gasteiger partial charge in [0.25, 0.3) is 0 Å². The summed E-state index contributed by atoms with van der Waals surface area (Å²) in [6, 6.07) is 0. The number of aryl methyl sites for hydroxylation is 13. The predicted octanol–water partition coefficient (Wildman–Crippen LogP) is 27.2. The fraction of sp³-hybridized carbons (Fsp3) is 0.849. The summed E-state index contributed by atoms with van der Waals surface area (Å²) in [5.74, 6) is 12.1. The quantitative estimate of drug-likeness (QED) is 0.0322. The van der Waals surface area contributed by atoms with Gasteiger partial charge in [-0.05, 0) is 242 Å². The monoisotopic (exact) mass is 1810 g/mol. The third-order valence-corrected chi connectivity index (χ3v) is 22.4. The van der Waals surface area contributed by atoms with Crippen LogP contribution in [0.3, 0.4) is 0 Å². The lowest BCUT2D eigenvalue weighted by Gasteiger charge is -2.08. The molecule has 0 unspecified atom stereocenters. The summed E-state index contributed by atoms with van der Waals surface area (Å²) >= 11 is 0. The molecule has 0 spiro atoms. The van der Waals surface area contributed by atoms with Crippen LogP contribution >= 0.6 is 0 Å². The van der Waals surface area contributed by atoms with Crippen molar-refractivity contribution in [2.75, 3.05) is 0 Å². The second-order valence-corrected chi connectivity index (χ2v) is 44.2. The third kappa shape index (κ3) is 69.0. The van der Waals surface area contributed by atoms with Crippen LogP contribution in [0.25, 0.3) is 0 Å². The highest BCUT2D eigenvalue weighted by Gasteiger charge is 2.14. The Morgan fingerprint density at radius 1 is 0.185 bits per heavy atom. The van der Waals surface area contributed by atoms with Crippen LogP contribution in [0, 0.1) is 94.7 Å². The summed E-state index contributed by atoms with van der Waals surface area (Å²) in [7, 11) is 0. The first-order chi connectivity index (χ1) is 61.7. The second kappa shape index (κ2) is 74.5. The molecule has 0 N–H and O–H groups in total. The first-order valence-electron chi connectivity index (χ1n) is 52.7. The van der Waals surface area contributed by atoms with E-state index < -0.39 is 0 Å². The second-order valence-electron chi connectivity index (χ2n) is 44.2. The van der Waals surface area contributed by atoms with Crippen molar-refractivity contribution in [3.05, 3.63) is 95.1 Å². The average Bonchev–Trinajstić information content (AvgIpc) is 2.00. The molecular formula is C106H204N24. The largest absolute Gasteiger partial charge is 0.252 e. The maximum atomic E-state index is 4.22. The average molecular weight is 1810 g/mol. The molecule has 0 bridgehead atoms. The molecule has 0 amide bonds. The molecule has 24 heteroatoms. The van der Waals surface area contributed by atoms with Crippen molar-refractivity contribution in [3.8, 4) is 0 Å². The van der Waals surface area contributed by atoms with E-state index in [1.165, 1.54) is 190 Å². The molecule has 130 heavy (non-hydrogen) atoms. The molecule has 0 aliphatic heterocycles. The van der Waals surface area contributed by atoms with Gasteiger partial charge in [-0.1, -0.05) is 334 Å². The number of hydrogen-bond donors (Lipinski definition) is 0. The van der Waals surface area contributed by atoms with E-state index in [1.807, 2.05) is 43.5 Å². The molecular weight excluding hydrogens is 1610 g/mol. The van der Waals surface area contributed by atoms with E-state index in [9.17, 15) is 0 Å². The summed E-state index contributed by atoms with van der Waals surface area (Å²) < 4.78 is 16.2. The molecule has 0 radical (unpaired) electrons. The molecule has 0 aliphatic rings. The highest BCUT2D eigenvalue weighted by Crippen LogP contribution is 2.19. The lowest BCUT2D eigenvalue weighted by atomic mass is 10.1. The Morgan fingerprint density at radius 3 is 0.800 bits per heavy atom. The Morgan fingerprint density at radius 2 is 0.438 bits per heavy atom. The SMILES string of the molecule is CC(C)CCCCn1cc(CC(C)C)nn1.CC(C)CCCCn1nncc1CC(C)C.CC(C)CCCCn1nncc1CCC(C)C.CC(C)CCCCn1nncc1CCCC(C)C.CC(C)CCCc1cn(CC(C)C)nn1.CC(C)CCCc1cn(CCCC(C)C)nn1.CC(C)CCCn1nncc1CCC(C)C.CC(C)CCc1cn(CCC(C)C)nn1. The van der Waals surface area contributed by atoms with Crippen LogP contribution in [-0.2, 0) is 104 Å². The number of rotatable bonds is 58. The van der Waals surface area contributed by atoms with Crippen molar-refractivity contribution in [3.63, 3.8) is 0 Å². The molecule has 748 valence electrons. The highest BCUT2D eigenvalue weighted by molar-refractivity contribution is 4.99. The van der Waals surface area contributed by atoms with Crippen molar-refractivity contribution in [2.24, 2.45) is 94.7 Å². The summed E-state index contributed by atoms with van der Waals surface area (Å²) in [5, 5.41) is 66.1. The van der Waals surface area contributed by atoms with Crippen LogP contribution < -0.4 is 0 Å². The standard InChI is InChI=1S/C15H29N3.2C14H27N3.3C13H25N3.2C12H23N3/c1-13(2)8-5-6-11-18-15(12-16-17-18)10-7-9-14(3)4;1-12(2)7-5-9-14-11-17(16-15-14)10-6-8-13(3)4;1-12(2)7-5-6-10-17-14(11-15-16-17)9-8-13(3)4;1-11(2)6-5-9-16-13(10-14-15-16)8-7-12(3)4;1-11(2)7-5-6-8-16-10-13(14-15-16)9-12(3)4;1-11(2)7-5-6-8-16-13(9-12(3)4)10-14-15-16;1-10(2)5-6-12-9-15(14-13-12)8-7-11(3)4;1-10(2)6-5-7-12-9-15(14-13-12)8-11(3)4/h12-14H,5-11H2,1-4H3;2*11-13H,5-10H2,1-4H3;3*10-12H,5-9H2,1-4H3;2*9-11H,5-8H2,1-4H3. The zero-order chi connectivity index (χ0) is 97.1. The van der Waals surface area contributed by atoms with Crippen molar-refractivity contribution in [1.29, 1.82) is 0 Å². The Balaban J connectivity index is 0.000000743. The van der Waals surface area contributed by atoms with Crippen LogP contribution in [0.15, 0.2) is 49.6 Å². The van der Waals surface area contributed by atoms with Gasteiger partial charge in [-0.2, -0.15) is 0 Å². The normalized spacial score (nSPS) is 11.6. The van der Waals surface area contributed by atoms with E-state index in [0.717, 1.165) is 203 Å². The van der Waals surface area contributed by atoms with Crippen LogP contribution in [0.2, 0.25) is 0 Å². The van der Waals surface area contributed by atoms with Gasteiger partial charge in [-0.15, -0.1) is 40.8 Å². The Kier molecular flexibility index (Phi) is 69.4. The van der Waals surface area contributed by atoms with E-state index in [1.54, 1.807) is 0 Å². The molecule has 0 atom stereocenters. The topological polar surface area (TPSA) is 246 Å². The minimum Gasteiger partial charge on any atom is -0.252 e. The number of unbranched alkanes of at least 4 members (excludes halogenated alkanes) is 4. The summed E-state index contributed by atoms with van der Waals surface area (Å²) in [6.07, 6.45) is 57.3. The number of aromatic nitrogens is 24. The van der Waals surface area contributed by atoms with Gasteiger partial charge >= 0.3 is 0 Å². The molecule has 8 aromatic rings. The van der Waals surface area contributed by atoms with Crippen LogP contribution in [-0.4, -0.2) is 120 Å². The molecule has 0 saturated heterocycles. The van der Waals surface area contributed by atoms with Crippen molar-refractivity contribution in [1.82, 2.24) is 120 Å². The molecule has 24 nitrogen and oxygen atoms in total. The number of nitrogens with zero attached hydrogens (tertiary/aromatic N) is 24. The van der Waals surface area contributed by atoms with Crippen LogP contribution in [0.5, 0.6) is 0 Å². The van der Waals surface area contributed by atoms with E-state index in [2.05, 4.69) is 348 Å². The van der Waals surface area contributed by atoms with Gasteiger partial charge in [0.05, 0.1) is 70.3 Å². The molecule has 8 aromatic heterocycles. The third-order valence-electron chi connectivity index (χ3n) is 22.4. The number of hydrogen-bond acceptors (Lipinski definition) is 16. The molecule has 0 aliphatic carbocycles. The van der Waals surface area contributed by atoms with Crippen LogP contribution in [0.4, 0.5) is 0 Å². The minimum atomic E-state index is 0.634. The van der Waals surface area contributed by atoms with Gasteiger partial charge in [0.15, 0.2) is 0 Å². The highest BCUT2D eigenvalue weighted by atomic mass is 15.5. The van der Waals surface area contributed by atoms with Gasteiger partial charge in [0.2, 0.25) is 0 Å². The first kappa shape index (κ1) is 121. The lowest BCUT2D eigenvalue weighted by molar-refractivity contribution is 0.465. The fourth-order valence-corrected chi connectivity index (χ4v) is 14.4. The van der Waals surface area contributed by atoms with Crippen LogP contribution in [0.1, 0.15) is 434 Å². The van der Waals surface area contributed by atoms with Gasteiger partial charge in [-0.3, -0.25) is 18.7 Å². The molecule has 8 rings (SSSR count). The maximum absolute atomic E-state index is 4.22. The fourth-order valence-electron chi connectivity index (χ4n) is 14.4. The minimum absolute atomic E-state index is 0.634. The molecule has 0 fully saturated rings. The summed E-state index contributed by atoms with van der Waals surface area (Å²) in [4.78, 5) is 0. The summed E-state index contributed by atoms with van der Waals surface area (Å²) in [6.45, 7) is 80.2. The lowest BCUT2D eigenvalue weighted by Crippen LogP contribution is -2.08. The maximum Gasteiger partial charge on any atom is 0.0829 e. The van der Waals surface area contributed by atoms with E-state index in [-0.39, 0.29) is 0 Å². The van der Waals surface area contributed by atoms with E-state index >= 15 is 0 Å². The Bertz CT molecular complexity index is 3740. The Labute approximate surface area is 797 Å². The van der Waals surface area contributed by atoms with Gasteiger partial charge in [0.1, 0.15) is 0 Å². The molecule has 0 saturated carbocycles. The molecule has 0 aromatic carbocycles. The van der Waals surface area contributed by atoms with Gasteiger partial charge in [-0.25, -0.2) is 18.7 Å². The van der Waals surface area contributed by atoms with E-state index in [4.69, 9.17) is 0 Å². The van der Waals surface area contributed by atoms with Crippen molar-refractivity contribution < 1.29 is 0 Å². The predicted molar refractivity (Wildman–Crippen MR) is 547 cm³/mol. The smallest absolute Gasteiger partial charge is 0.0829 e. The van der Waals surface area contributed by atoms with Gasteiger partial charge in [0, 0.05) is 77.1 Å².